The number of nitrogens with one attached hydrogen (secondary N) is 1. The van der Waals surface area contributed by atoms with Gasteiger partial charge in [0.05, 0.1) is 0 Å². The first-order valence-electron chi connectivity index (χ1n) is 6.65. The smallest absolute Gasteiger partial charge is 0.0465 e. The average molecular weight is 277 g/mol. The van der Waals surface area contributed by atoms with Crippen LogP contribution in [-0.4, -0.2) is 6.04 Å². The highest BCUT2D eigenvalue weighted by atomic mass is 32.1. The van der Waals surface area contributed by atoms with Gasteiger partial charge in [0, 0.05) is 28.3 Å². The van der Waals surface area contributed by atoms with Gasteiger partial charge in [-0.2, -0.15) is 0 Å². The van der Waals surface area contributed by atoms with E-state index in [2.05, 4.69) is 47.3 Å². The maximum absolute atomic E-state index is 3.84. The van der Waals surface area contributed by atoms with Crippen LogP contribution in [0.15, 0.2) is 35.0 Å². The largest absolute Gasteiger partial charge is 0.306 e. The van der Waals surface area contributed by atoms with E-state index in [1.54, 1.807) is 0 Å². The maximum Gasteiger partial charge on any atom is 0.0465 e. The summed E-state index contributed by atoms with van der Waals surface area (Å²) in [4.78, 5) is 2.94. The summed E-state index contributed by atoms with van der Waals surface area (Å²) in [5.41, 5.74) is 0. The van der Waals surface area contributed by atoms with E-state index in [-0.39, 0.29) is 0 Å². The summed E-state index contributed by atoms with van der Waals surface area (Å²) in [7, 11) is 0. The van der Waals surface area contributed by atoms with Crippen molar-refractivity contribution in [1.82, 2.24) is 5.32 Å². The van der Waals surface area contributed by atoms with Crippen LogP contribution < -0.4 is 5.32 Å². The van der Waals surface area contributed by atoms with Crippen LogP contribution in [0.5, 0.6) is 0 Å². The van der Waals surface area contributed by atoms with E-state index >= 15 is 0 Å². The van der Waals surface area contributed by atoms with E-state index in [0.29, 0.717) is 12.1 Å². The SMILES string of the molecule is CC(NC(Cc1cccs1)c1cccs1)C1CC1. The first-order valence-corrected chi connectivity index (χ1v) is 8.40. The minimum atomic E-state index is 0.485. The lowest BCUT2D eigenvalue weighted by Gasteiger charge is -2.22. The molecule has 2 aromatic rings. The predicted octanol–water partition coefficient (Wildman–Crippen LogP) is 4.48. The average Bonchev–Trinajstić information content (AvgIpc) is 2.88. The molecule has 0 amide bonds. The number of thiophene rings is 2. The zero-order chi connectivity index (χ0) is 12.4. The van der Waals surface area contributed by atoms with Gasteiger partial charge >= 0.3 is 0 Å². The van der Waals surface area contributed by atoms with E-state index in [1.807, 2.05) is 22.7 Å². The standard InChI is InChI=1S/C15H19NS2/c1-11(12-6-7-12)16-14(15-5-3-9-18-15)10-13-4-2-8-17-13/h2-5,8-9,11-12,14,16H,6-7,10H2,1H3. The molecule has 96 valence electrons. The topological polar surface area (TPSA) is 12.0 Å². The van der Waals surface area contributed by atoms with E-state index < -0.39 is 0 Å². The summed E-state index contributed by atoms with van der Waals surface area (Å²) < 4.78 is 0. The lowest BCUT2D eigenvalue weighted by atomic mass is 10.1. The minimum Gasteiger partial charge on any atom is -0.306 e. The molecule has 0 spiro atoms. The van der Waals surface area contributed by atoms with Crippen molar-refractivity contribution in [3.8, 4) is 0 Å². The van der Waals surface area contributed by atoms with Crippen molar-refractivity contribution in [3.63, 3.8) is 0 Å². The van der Waals surface area contributed by atoms with Crippen LogP contribution >= 0.6 is 22.7 Å². The molecule has 0 bridgehead atoms. The Morgan fingerprint density at radius 2 is 2.00 bits per heavy atom. The van der Waals surface area contributed by atoms with Crippen LogP contribution in [0.1, 0.15) is 35.6 Å². The second kappa shape index (κ2) is 5.55. The lowest BCUT2D eigenvalue weighted by Crippen LogP contribution is -2.32. The van der Waals surface area contributed by atoms with Crippen LogP contribution in [0.25, 0.3) is 0 Å². The first-order chi connectivity index (χ1) is 8.83. The Kier molecular flexibility index (Phi) is 3.83. The Balaban J connectivity index is 1.70. The van der Waals surface area contributed by atoms with Crippen LogP contribution in [0, 0.1) is 5.92 Å². The van der Waals surface area contributed by atoms with Gasteiger partial charge in [-0.15, -0.1) is 22.7 Å². The summed E-state index contributed by atoms with van der Waals surface area (Å²) in [6.45, 7) is 2.34. The van der Waals surface area contributed by atoms with Crippen molar-refractivity contribution in [1.29, 1.82) is 0 Å². The van der Waals surface area contributed by atoms with Crippen molar-refractivity contribution in [2.45, 2.75) is 38.3 Å². The van der Waals surface area contributed by atoms with Crippen LogP contribution in [-0.2, 0) is 6.42 Å². The van der Waals surface area contributed by atoms with Crippen LogP contribution in [0.4, 0.5) is 0 Å². The van der Waals surface area contributed by atoms with Crippen LogP contribution in [0.3, 0.4) is 0 Å². The van der Waals surface area contributed by atoms with Gasteiger partial charge in [0.1, 0.15) is 0 Å². The molecule has 1 fully saturated rings. The Labute approximate surface area is 117 Å². The Morgan fingerprint density at radius 1 is 1.22 bits per heavy atom. The molecule has 18 heavy (non-hydrogen) atoms. The van der Waals surface area contributed by atoms with Crippen molar-refractivity contribution < 1.29 is 0 Å². The van der Waals surface area contributed by atoms with Gasteiger partial charge in [-0.25, -0.2) is 0 Å². The third-order valence-electron chi connectivity index (χ3n) is 3.67. The number of hydrogen-bond donors (Lipinski definition) is 1. The molecular weight excluding hydrogens is 258 g/mol. The molecule has 0 aromatic carbocycles. The Morgan fingerprint density at radius 3 is 2.61 bits per heavy atom. The normalized spacial score (nSPS) is 18.7. The van der Waals surface area contributed by atoms with E-state index in [0.717, 1.165) is 12.3 Å². The molecule has 1 aliphatic carbocycles. The van der Waals surface area contributed by atoms with Gasteiger partial charge in [0.25, 0.3) is 0 Å². The Bertz CT molecular complexity index is 457. The molecule has 1 nitrogen and oxygen atoms in total. The molecule has 2 heterocycles. The summed E-state index contributed by atoms with van der Waals surface area (Å²) >= 11 is 3.73. The summed E-state index contributed by atoms with van der Waals surface area (Å²) in [5, 5.41) is 8.19. The number of rotatable bonds is 6. The van der Waals surface area contributed by atoms with Crippen LogP contribution in [0.2, 0.25) is 0 Å². The molecule has 2 aromatic heterocycles. The molecule has 2 unspecified atom stereocenters. The molecule has 2 atom stereocenters. The first kappa shape index (κ1) is 12.4. The highest BCUT2D eigenvalue weighted by Gasteiger charge is 2.29. The molecule has 0 radical (unpaired) electrons. The maximum atomic E-state index is 3.84. The van der Waals surface area contributed by atoms with E-state index in [9.17, 15) is 0 Å². The molecule has 1 N–H and O–H groups in total. The molecular formula is C15H19NS2. The Hall–Kier alpha value is -0.640. The second-order valence-corrected chi connectivity index (χ2v) is 7.16. The summed E-state index contributed by atoms with van der Waals surface area (Å²) in [5.74, 6) is 0.913. The number of hydrogen-bond acceptors (Lipinski definition) is 3. The third-order valence-corrected chi connectivity index (χ3v) is 5.55. The van der Waals surface area contributed by atoms with Crippen molar-refractivity contribution in [2.75, 3.05) is 0 Å². The molecule has 3 rings (SSSR count). The van der Waals surface area contributed by atoms with Gasteiger partial charge in [-0.3, -0.25) is 0 Å². The van der Waals surface area contributed by atoms with Gasteiger partial charge in [-0.05, 0) is 48.6 Å². The lowest BCUT2D eigenvalue weighted by molar-refractivity contribution is 0.425. The quantitative estimate of drug-likeness (QED) is 0.821. The predicted molar refractivity (Wildman–Crippen MR) is 80.4 cm³/mol. The van der Waals surface area contributed by atoms with Crippen molar-refractivity contribution in [2.24, 2.45) is 5.92 Å². The second-order valence-electron chi connectivity index (χ2n) is 5.14. The third kappa shape index (κ3) is 3.02. The molecule has 3 heteroatoms. The van der Waals surface area contributed by atoms with Gasteiger partial charge in [0.15, 0.2) is 0 Å². The highest BCUT2D eigenvalue weighted by Crippen LogP contribution is 2.34. The molecule has 0 aliphatic heterocycles. The van der Waals surface area contributed by atoms with Gasteiger partial charge in [0.2, 0.25) is 0 Å². The minimum absolute atomic E-state index is 0.485. The molecule has 1 aliphatic rings. The fourth-order valence-corrected chi connectivity index (χ4v) is 3.95. The zero-order valence-electron chi connectivity index (χ0n) is 10.6. The van der Waals surface area contributed by atoms with E-state index in [4.69, 9.17) is 0 Å². The van der Waals surface area contributed by atoms with Gasteiger partial charge in [-0.1, -0.05) is 12.1 Å². The van der Waals surface area contributed by atoms with E-state index in [1.165, 1.54) is 22.6 Å². The fraction of sp³-hybridized carbons (Fsp3) is 0.467. The molecule has 1 saturated carbocycles. The fourth-order valence-electron chi connectivity index (χ4n) is 2.41. The summed E-state index contributed by atoms with van der Waals surface area (Å²) in [6.07, 6.45) is 3.93. The highest BCUT2D eigenvalue weighted by molar-refractivity contribution is 7.10. The monoisotopic (exact) mass is 277 g/mol. The zero-order valence-corrected chi connectivity index (χ0v) is 12.3. The molecule has 0 saturated heterocycles. The van der Waals surface area contributed by atoms with Crippen molar-refractivity contribution in [3.05, 3.63) is 44.8 Å². The van der Waals surface area contributed by atoms with Crippen molar-refractivity contribution >= 4 is 22.7 Å². The summed E-state index contributed by atoms with van der Waals surface area (Å²) in [6, 6.07) is 9.95. The van der Waals surface area contributed by atoms with Gasteiger partial charge < -0.3 is 5.32 Å².